The van der Waals surface area contributed by atoms with Crippen molar-refractivity contribution in [3.63, 3.8) is 0 Å². The van der Waals surface area contributed by atoms with E-state index >= 15 is 0 Å². The zero-order valence-electron chi connectivity index (χ0n) is 10.7. The fourth-order valence-electron chi connectivity index (χ4n) is 2.18. The molecule has 0 amide bonds. The minimum Gasteiger partial charge on any atom is -0.294 e. The summed E-state index contributed by atoms with van der Waals surface area (Å²) in [5.41, 5.74) is 2.52. The molecule has 0 aliphatic heterocycles. The lowest BCUT2D eigenvalue weighted by molar-refractivity contribution is 0.0993. The number of nitrogens with zero attached hydrogens (tertiary/aromatic N) is 1. The number of fused-ring (bicyclic) bond motifs is 1. The van der Waals surface area contributed by atoms with Crippen LogP contribution in [0.5, 0.6) is 0 Å². The summed E-state index contributed by atoms with van der Waals surface area (Å²) in [7, 11) is 0. The molecule has 1 heterocycles. The molecule has 0 atom stereocenters. The van der Waals surface area contributed by atoms with Crippen LogP contribution in [0.15, 0.2) is 60.8 Å². The Morgan fingerprint density at radius 2 is 1.95 bits per heavy atom. The lowest BCUT2D eigenvalue weighted by Crippen LogP contribution is -2.03. The Labute approximate surface area is 122 Å². The third kappa shape index (κ3) is 2.70. The van der Waals surface area contributed by atoms with Crippen LogP contribution in [-0.4, -0.2) is 10.8 Å². The molecule has 2 aromatic carbocycles. The number of hydrogen-bond donors (Lipinski definition) is 0. The second-order valence-corrected chi connectivity index (χ2v) is 5.08. The molecule has 0 N–H and O–H groups in total. The van der Waals surface area contributed by atoms with E-state index in [1.807, 2.05) is 48.5 Å². The van der Waals surface area contributed by atoms with Crippen LogP contribution in [0.4, 0.5) is 0 Å². The number of pyridine rings is 1. The van der Waals surface area contributed by atoms with Gasteiger partial charge in [0.2, 0.25) is 0 Å². The van der Waals surface area contributed by atoms with Gasteiger partial charge in [-0.3, -0.25) is 9.78 Å². The monoisotopic (exact) mass is 281 g/mol. The van der Waals surface area contributed by atoms with Crippen LogP contribution in [-0.2, 0) is 6.42 Å². The maximum absolute atomic E-state index is 12.3. The molecule has 0 saturated carbocycles. The fourth-order valence-corrected chi connectivity index (χ4v) is 2.40. The van der Waals surface area contributed by atoms with Crippen molar-refractivity contribution in [1.82, 2.24) is 4.98 Å². The van der Waals surface area contributed by atoms with Crippen LogP contribution >= 0.6 is 11.6 Å². The van der Waals surface area contributed by atoms with Gasteiger partial charge in [0.05, 0.1) is 5.52 Å². The number of halogens is 1. The van der Waals surface area contributed by atoms with Gasteiger partial charge in [-0.2, -0.15) is 0 Å². The van der Waals surface area contributed by atoms with Crippen molar-refractivity contribution < 1.29 is 4.79 Å². The Balaban J connectivity index is 1.88. The largest absolute Gasteiger partial charge is 0.294 e. The van der Waals surface area contributed by atoms with Gasteiger partial charge in [-0.1, -0.05) is 29.8 Å². The number of aromatic nitrogens is 1. The van der Waals surface area contributed by atoms with E-state index in [0.29, 0.717) is 17.0 Å². The van der Waals surface area contributed by atoms with Gasteiger partial charge in [-0.25, -0.2) is 0 Å². The molecule has 0 aliphatic rings. The summed E-state index contributed by atoms with van der Waals surface area (Å²) < 4.78 is 0. The summed E-state index contributed by atoms with van der Waals surface area (Å²) >= 11 is 5.93. The molecular formula is C17H12ClNO. The van der Waals surface area contributed by atoms with Crippen LogP contribution in [0.1, 0.15) is 15.9 Å². The molecule has 20 heavy (non-hydrogen) atoms. The van der Waals surface area contributed by atoms with Crippen molar-refractivity contribution in [2.45, 2.75) is 6.42 Å². The molecule has 3 aromatic rings. The summed E-state index contributed by atoms with van der Waals surface area (Å²) in [6.07, 6.45) is 2.10. The van der Waals surface area contributed by atoms with Crippen molar-refractivity contribution in [2.24, 2.45) is 0 Å². The Morgan fingerprint density at radius 3 is 2.80 bits per heavy atom. The topological polar surface area (TPSA) is 30.0 Å². The van der Waals surface area contributed by atoms with Gasteiger partial charge < -0.3 is 0 Å². The summed E-state index contributed by atoms with van der Waals surface area (Å²) in [5, 5.41) is 1.63. The first kappa shape index (κ1) is 12.8. The van der Waals surface area contributed by atoms with E-state index in [1.165, 1.54) is 0 Å². The molecule has 0 saturated heterocycles. The van der Waals surface area contributed by atoms with Crippen LogP contribution in [0.25, 0.3) is 10.9 Å². The van der Waals surface area contributed by atoms with Crippen molar-refractivity contribution in [3.05, 3.63) is 76.9 Å². The number of Topliss-reactive ketones (excluding diaryl/α,β-unsaturated/α-hetero) is 1. The first-order valence-electron chi connectivity index (χ1n) is 6.35. The number of carbonyl (C=O) groups excluding carboxylic acids is 1. The minimum atomic E-state index is 0.0815. The van der Waals surface area contributed by atoms with Crippen LogP contribution in [0.3, 0.4) is 0 Å². The van der Waals surface area contributed by atoms with Gasteiger partial charge >= 0.3 is 0 Å². The van der Waals surface area contributed by atoms with E-state index in [4.69, 9.17) is 11.6 Å². The van der Waals surface area contributed by atoms with E-state index in [9.17, 15) is 4.79 Å². The molecule has 0 fully saturated rings. The Bertz CT molecular complexity index is 783. The number of hydrogen-bond acceptors (Lipinski definition) is 2. The second-order valence-electron chi connectivity index (χ2n) is 4.64. The molecule has 98 valence electrons. The minimum absolute atomic E-state index is 0.0815. The average molecular weight is 282 g/mol. The van der Waals surface area contributed by atoms with Gasteiger partial charge in [0.25, 0.3) is 0 Å². The van der Waals surface area contributed by atoms with E-state index < -0.39 is 0 Å². The summed E-state index contributed by atoms with van der Waals surface area (Å²) in [4.78, 5) is 16.6. The summed E-state index contributed by atoms with van der Waals surface area (Å²) in [6, 6.07) is 16.8. The third-order valence-electron chi connectivity index (χ3n) is 3.18. The lowest BCUT2D eigenvalue weighted by Gasteiger charge is -2.04. The van der Waals surface area contributed by atoms with Crippen molar-refractivity contribution in [1.29, 1.82) is 0 Å². The average Bonchev–Trinajstić information content (AvgIpc) is 2.47. The second kappa shape index (κ2) is 5.43. The molecule has 0 radical (unpaired) electrons. The highest BCUT2D eigenvalue weighted by molar-refractivity contribution is 6.30. The Kier molecular flexibility index (Phi) is 3.48. The molecule has 0 aliphatic carbocycles. The Morgan fingerprint density at radius 1 is 1.05 bits per heavy atom. The zero-order valence-corrected chi connectivity index (χ0v) is 11.5. The predicted octanol–water partition coefficient (Wildman–Crippen LogP) is 4.31. The van der Waals surface area contributed by atoms with Gasteiger partial charge in [0.1, 0.15) is 0 Å². The normalized spacial score (nSPS) is 10.7. The first-order chi connectivity index (χ1) is 9.72. The van der Waals surface area contributed by atoms with Gasteiger partial charge in [0.15, 0.2) is 5.78 Å². The number of rotatable bonds is 3. The highest BCUT2D eigenvalue weighted by atomic mass is 35.5. The molecule has 0 spiro atoms. The van der Waals surface area contributed by atoms with Crippen molar-refractivity contribution >= 4 is 28.3 Å². The van der Waals surface area contributed by atoms with Gasteiger partial charge in [-0.15, -0.1) is 0 Å². The first-order valence-corrected chi connectivity index (χ1v) is 6.72. The molecule has 2 nitrogen and oxygen atoms in total. The van der Waals surface area contributed by atoms with Crippen molar-refractivity contribution in [2.75, 3.05) is 0 Å². The van der Waals surface area contributed by atoms with Crippen molar-refractivity contribution in [3.8, 4) is 0 Å². The number of ketones is 1. The summed E-state index contributed by atoms with van der Waals surface area (Å²) in [6.45, 7) is 0. The molecule has 1 aromatic heterocycles. The maximum atomic E-state index is 12.3. The fraction of sp³-hybridized carbons (Fsp3) is 0.0588. The van der Waals surface area contributed by atoms with E-state index in [-0.39, 0.29) is 5.78 Å². The van der Waals surface area contributed by atoms with Gasteiger partial charge in [0, 0.05) is 28.6 Å². The quantitative estimate of drug-likeness (QED) is 0.670. The molecule has 0 bridgehead atoms. The SMILES string of the molecule is O=C(Cc1cccc(Cl)c1)c1ccc2ncccc2c1. The van der Waals surface area contributed by atoms with E-state index in [1.54, 1.807) is 12.3 Å². The lowest BCUT2D eigenvalue weighted by atomic mass is 10.0. The van der Waals surface area contributed by atoms with Crippen LogP contribution in [0.2, 0.25) is 5.02 Å². The van der Waals surface area contributed by atoms with E-state index in [2.05, 4.69) is 4.98 Å². The molecular weight excluding hydrogens is 270 g/mol. The predicted molar refractivity (Wildman–Crippen MR) is 81.2 cm³/mol. The zero-order chi connectivity index (χ0) is 13.9. The third-order valence-corrected chi connectivity index (χ3v) is 3.41. The van der Waals surface area contributed by atoms with Crippen LogP contribution in [0, 0.1) is 0 Å². The van der Waals surface area contributed by atoms with Crippen LogP contribution < -0.4 is 0 Å². The van der Waals surface area contributed by atoms with Gasteiger partial charge in [-0.05, 0) is 42.0 Å². The summed E-state index contributed by atoms with van der Waals surface area (Å²) in [5.74, 6) is 0.0815. The number of benzene rings is 2. The highest BCUT2D eigenvalue weighted by Crippen LogP contribution is 2.17. The number of carbonyl (C=O) groups is 1. The Hall–Kier alpha value is -2.19. The standard InChI is InChI=1S/C17H12ClNO/c18-15-5-1-3-12(9-15)10-17(20)14-6-7-16-13(11-14)4-2-8-19-16/h1-9,11H,10H2. The molecule has 3 rings (SSSR count). The van der Waals surface area contributed by atoms with E-state index in [0.717, 1.165) is 16.5 Å². The molecule has 3 heteroatoms. The molecule has 0 unspecified atom stereocenters. The highest BCUT2D eigenvalue weighted by Gasteiger charge is 2.08. The maximum Gasteiger partial charge on any atom is 0.167 e. The smallest absolute Gasteiger partial charge is 0.167 e.